The fourth-order valence-electron chi connectivity index (χ4n) is 4.39. The third-order valence-corrected chi connectivity index (χ3v) is 6.50. The summed E-state index contributed by atoms with van der Waals surface area (Å²) in [5.74, 6) is 0.624. The number of anilines is 1. The van der Waals surface area contributed by atoms with E-state index in [9.17, 15) is 14.7 Å². The largest absolute Gasteiger partial charge is 0.488 e. The summed E-state index contributed by atoms with van der Waals surface area (Å²) in [4.78, 5) is 31.8. The van der Waals surface area contributed by atoms with Gasteiger partial charge in [-0.2, -0.15) is 0 Å². The molecule has 0 aliphatic carbocycles. The van der Waals surface area contributed by atoms with Crippen molar-refractivity contribution >= 4 is 17.5 Å². The second-order valence-electron chi connectivity index (χ2n) is 9.72. The first kappa shape index (κ1) is 26.4. The van der Waals surface area contributed by atoms with Crippen molar-refractivity contribution in [2.75, 3.05) is 72.0 Å². The Morgan fingerprint density at radius 2 is 2.03 bits per heavy atom. The quantitative estimate of drug-likeness (QED) is 0.579. The monoisotopic (exact) mass is 476 g/mol. The number of aliphatic hydroxyl groups is 1. The molecular weight excluding hydrogens is 436 g/mol. The normalized spacial score (nSPS) is 22.9. The average Bonchev–Trinajstić information content (AvgIpc) is 2.85. The number of fused-ring (bicyclic) bond motifs is 1. The van der Waals surface area contributed by atoms with E-state index < -0.39 is 0 Å². The standard InChI is InChI=1S/C25H40N4O5/c1-18-15-29(19(2)17-30)25(32)14-20-13-21(5-6-22(20)34-23(18)16-27(3)4)26-24(31)7-8-28-9-11-33-12-10-28/h5-6,13,18-19,23,30H,7-12,14-17H2,1-4H3,(H,26,31)/t18-,19+,23-/m1/s1. The van der Waals surface area contributed by atoms with E-state index >= 15 is 0 Å². The Morgan fingerprint density at radius 3 is 2.71 bits per heavy atom. The third kappa shape index (κ3) is 7.40. The molecule has 1 fully saturated rings. The number of nitrogens with zero attached hydrogens (tertiary/aromatic N) is 3. The van der Waals surface area contributed by atoms with Gasteiger partial charge in [0, 0.05) is 56.3 Å². The smallest absolute Gasteiger partial charge is 0.227 e. The zero-order valence-electron chi connectivity index (χ0n) is 21.0. The maximum Gasteiger partial charge on any atom is 0.227 e. The number of nitrogens with one attached hydrogen (secondary N) is 1. The summed E-state index contributed by atoms with van der Waals surface area (Å²) < 4.78 is 11.8. The molecule has 2 aliphatic heterocycles. The van der Waals surface area contributed by atoms with Crippen LogP contribution < -0.4 is 10.1 Å². The second-order valence-corrected chi connectivity index (χ2v) is 9.72. The van der Waals surface area contributed by atoms with E-state index in [0.717, 1.165) is 18.7 Å². The molecule has 9 heteroatoms. The number of amides is 2. The van der Waals surface area contributed by atoms with Gasteiger partial charge >= 0.3 is 0 Å². The molecule has 0 bridgehead atoms. The molecule has 1 aromatic rings. The molecule has 0 spiro atoms. The van der Waals surface area contributed by atoms with Crippen molar-refractivity contribution in [2.45, 2.75) is 38.8 Å². The summed E-state index contributed by atoms with van der Waals surface area (Å²) in [6, 6.07) is 5.24. The molecular formula is C25H40N4O5. The highest BCUT2D eigenvalue weighted by Crippen LogP contribution is 2.29. The molecule has 2 heterocycles. The number of morpholine rings is 1. The Morgan fingerprint density at radius 1 is 1.29 bits per heavy atom. The molecule has 1 saturated heterocycles. The number of carbonyl (C=O) groups excluding carboxylic acids is 2. The van der Waals surface area contributed by atoms with E-state index in [1.807, 2.05) is 39.2 Å². The number of carbonyl (C=O) groups is 2. The van der Waals surface area contributed by atoms with Gasteiger partial charge in [-0.05, 0) is 39.2 Å². The zero-order valence-corrected chi connectivity index (χ0v) is 21.0. The lowest BCUT2D eigenvalue weighted by Crippen LogP contribution is -2.47. The fourth-order valence-corrected chi connectivity index (χ4v) is 4.39. The van der Waals surface area contributed by atoms with Gasteiger partial charge in [0.2, 0.25) is 11.8 Å². The molecule has 190 valence electrons. The van der Waals surface area contributed by atoms with E-state index in [4.69, 9.17) is 9.47 Å². The van der Waals surface area contributed by atoms with Crippen molar-refractivity contribution in [2.24, 2.45) is 5.92 Å². The van der Waals surface area contributed by atoms with Crippen LogP contribution in [0.15, 0.2) is 18.2 Å². The molecule has 9 nitrogen and oxygen atoms in total. The van der Waals surface area contributed by atoms with Gasteiger partial charge in [-0.1, -0.05) is 6.92 Å². The van der Waals surface area contributed by atoms with Gasteiger partial charge in [0.05, 0.1) is 32.3 Å². The van der Waals surface area contributed by atoms with Crippen molar-refractivity contribution in [3.05, 3.63) is 23.8 Å². The topological polar surface area (TPSA) is 94.6 Å². The number of benzene rings is 1. The summed E-state index contributed by atoms with van der Waals surface area (Å²) in [5.41, 5.74) is 1.39. The number of rotatable bonds is 8. The van der Waals surface area contributed by atoms with E-state index in [1.54, 1.807) is 4.90 Å². The highest BCUT2D eigenvalue weighted by atomic mass is 16.5. The molecule has 0 unspecified atom stereocenters. The Kier molecular flexibility index (Phi) is 9.70. The first-order valence-electron chi connectivity index (χ1n) is 12.2. The number of likely N-dealkylation sites (N-methyl/N-ethyl adjacent to an activating group) is 1. The molecule has 34 heavy (non-hydrogen) atoms. The second kappa shape index (κ2) is 12.5. The lowest BCUT2D eigenvalue weighted by atomic mass is 10.0. The number of aliphatic hydroxyl groups excluding tert-OH is 1. The van der Waals surface area contributed by atoms with Gasteiger partial charge in [0.1, 0.15) is 11.9 Å². The predicted molar refractivity (Wildman–Crippen MR) is 131 cm³/mol. The van der Waals surface area contributed by atoms with Crippen molar-refractivity contribution in [1.82, 2.24) is 14.7 Å². The SMILES string of the molecule is C[C@@H]1CN([C@@H](C)CO)C(=O)Cc2cc(NC(=O)CCN3CCOCC3)ccc2O[C@@H]1CN(C)C. The van der Waals surface area contributed by atoms with Crippen LogP contribution in [0.1, 0.15) is 25.8 Å². The number of hydrogen-bond acceptors (Lipinski definition) is 7. The summed E-state index contributed by atoms with van der Waals surface area (Å²) in [7, 11) is 4.00. The highest BCUT2D eigenvalue weighted by Gasteiger charge is 2.30. The van der Waals surface area contributed by atoms with Crippen LogP contribution in [0.2, 0.25) is 0 Å². The van der Waals surface area contributed by atoms with Crippen LogP contribution in [0, 0.1) is 5.92 Å². The van der Waals surface area contributed by atoms with Crippen LogP contribution in [0.4, 0.5) is 5.69 Å². The van der Waals surface area contributed by atoms with Gasteiger partial charge < -0.3 is 29.7 Å². The summed E-state index contributed by atoms with van der Waals surface area (Å²) >= 11 is 0. The lowest BCUT2D eigenvalue weighted by Gasteiger charge is -2.33. The predicted octanol–water partition coefficient (Wildman–Crippen LogP) is 1.06. The Hall–Kier alpha value is -2.20. The van der Waals surface area contributed by atoms with E-state index in [1.165, 1.54) is 0 Å². The summed E-state index contributed by atoms with van der Waals surface area (Å²) in [5, 5.41) is 12.7. The molecule has 2 amide bonds. The number of hydrogen-bond donors (Lipinski definition) is 2. The van der Waals surface area contributed by atoms with Crippen molar-refractivity contribution in [3.8, 4) is 5.75 Å². The number of ether oxygens (including phenoxy) is 2. The first-order chi connectivity index (χ1) is 16.3. The minimum absolute atomic E-state index is 0.0560. The minimum Gasteiger partial charge on any atom is -0.488 e. The van der Waals surface area contributed by atoms with Crippen molar-refractivity contribution in [3.63, 3.8) is 0 Å². The van der Waals surface area contributed by atoms with Gasteiger partial charge in [-0.3, -0.25) is 14.5 Å². The van der Waals surface area contributed by atoms with E-state index in [2.05, 4.69) is 22.0 Å². The maximum absolute atomic E-state index is 13.2. The Balaban J connectivity index is 1.76. The van der Waals surface area contributed by atoms with Gasteiger partial charge in [-0.25, -0.2) is 0 Å². The van der Waals surface area contributed by atoms with Crippen LogP contribution in [0.5, 0.6) is 5.75 Å². The van der Waals surface area contributed by atoms with E-state index in [-0.39, 0.29) is 42.9 Å². The van der Waals surface area contributed by atoms with Crippen molar-refractivity contribution in [1.29, 1.82) is 0 Å². The zero-order chi connectivity index (χ0) is 24.7. The van der Waals surface area contributed by atoms with Crippen LogP contribution in [-0.4, -0.2) is 110 Å². The Bertz CT molecular complexity index is 828. The van der Waals surface area contributed by atoms with Crippen LogP contribution in [-0.2, 0) is 20.7 Å². The van der Waals surface area contributed by atoms with Crippen molar-refractivity contribution < 1.29 is 24.2 Å². The minimum atomic E-state index is -0.278. The maximum atomic E-state index is 13.2. The van der Waals surface area contributed by atoms with Crippen LogP contribution in [0.25, 0.3) is 0 Å². The Labute approximate surface area is 203 Å². The molecule has 1 aromatic carbocycles. The molecule has 2 aliphatic rings. The molecule has 3 rings (SSSR count). The summed E-state index contributed by atoms with van der Waals surface area (Å²) in [6.45, 7) is 8.86. The average molecular weight is 477 g/mol. The third-order valence-electron chi connectivity index (χ3n) is 6.50. The van der Waals surface area contributed by atoms with E-state index in [0.29, 0.717) is 50.7 Å². The fraction of sp³-hybridized carbons (Fsp3) is 0.680. The van der Waals surface area contributed by atoms with Crippen LogP contribution >= 0.6 is 0 Å². The molecule has 0 radical (unpaired) electrons. The molecule has 0 saturated carbocycles. The summed E-state index contributed by atoms with van der Waals surface area (Å²) in [6.07, 6.45) is 0.428. The molecule has 2 N–H and O–H groups in total. The van der Waals surface area contributed by atoms with Gasteiger partial charge in [0.25, 0.3) is 0 Å². The van der Waals surface area contributed by atoms with Gasteiger partial charge in [-0.15, -0.1) is 0 Å². The highest BCUT2D eigenvalue weighted by molar-refractivity contribution is 5.91. The first-order valence-corrected chi connectivity index (χ1v) is 12.2. The van der Waals surface area contributed by atoms with Crippen LogP contribution in [0.3, 0.4) is 0 Å². The molecule has 0 aromatic heterocycles. The lowest BCUT2D eigenvalue weighted by molar-refractivity contribution is -0.134. The van der Waals surface area contributed by atoms with Gasteiger partial charge in [0.15, 0.2) is 0 Å². The molecule has 3 atom stereocenters.